The molecule has 1 aliphatic heterocycles. The fourth-order valence-electron chi connectivity index (χ4n) is 2.07. The number of rotatable bonds is 2. The number of nitrogens with zero attached hydrogens (tertiary/aromatic N) is 1. The Balaban J connectivity index is 1.94. The molecule has 1 saturated heterocycles. The molecule has 0 N–H and O–H groups in total. The van der Waals surface area contributed by atoms with Crippen molar-refractivity contribution in [1.82, 2.24) is 4.90 Å². The molecule has 4 heteroatoms. The molecule has 0 unspecified atom stereocenters. The lowest BCUT2D eigenvalue weighted by atomic mass is 10.2. The van der Waals surface area contributed by atoms with Gasteiger partial charge in [-0.2, -0.15) is 0 Å². The van der Waals surface area contributed by atoms with Crippen LogP contribution in [0.4, 0.5) is 0 Å². The van der Waals surface area contributed by atoms with Gasteiger partial charge in [-0.1, -0.05) is 0 Å². The molecule has 0 saturated carbocycles. The average molecular weight is 290 g/mol. The Morgan fingerprint density at radius 1 is 1.47 bits per heavy atom. The molecule has 1 aliphatic rings. The number of morpholine rings is 1. The van der Waals surface area contributed by atoms with Crippen molar-refractivity contribution < 1.29 is 4.74 Å². The lowest BCUT2D eigenvalue weighted by Crippen LogP contribution is -2.44. The molecule has 0 amide bonds. The first-order chi connectivity index (χ1) is 7.13. The monoisotopic (exact) mass is 289 g/mol. The van der Waals surface area contributed by atoms with Crippen LogP contribution in [0.15, 0.2) is 15.9 Å². The average Bonchev–Trinajstić information content (AvgIpc) is 2.49. The standard InChI is InChI=1S/C11H16BrNOS/c1-8-4-13(5-9(2)14-8)6-11-3-10(12)7-15-11/h3,7-9H,4-6H2,1-2H3/t8-,9+. The summed E-state index contributed by atoms with van der Waals surface area (Å²) >= 11 is 5.30. The highest BCUT2D eigenvalue weighted by Crippen LogP contribution is 2.22. The number of hydrogen-bond donors (Lipinski definition) is 0. The van der Waals surface area contributed by atoms with Gasteiger partial charge >= 0.3 is 0 Å². The van der Waals surface area contributed by atoms with Gasteiger partial charge in [0.15, 0.2) is 0 Å². The summed E-state index contributed by atoms with van der Waals surface area (Å²) in [6, 6.07) is 2.20. The van der Waals surface area contributed by atoms with E-state index in [2.05, 4.69) is 46.1 Å². The van der Waals surface area contributed by atoms with Crippen molar-refractivity contribution in [3.05, 3.63) is 20.8 Å². The lowest BCUT2D eigenvalue weighted by molar-refractivity contribution is -0.0702. The lowest BCUT2D eigenvalue weighted by Gasteiger charge is -2.34. The topological polar surface area (TPSA) is 12.5 Å². The van der Waals surface area contributed by atoms with Crippen LogP contribution in [0.3, 0.4) is 0 Å². The molecule has 15 heavy (non-hydrogen) atoms. The van der Waals surface area contributed by atoms with Crippen molar-refractivity contribution in [2.24, 2.45) is 0 Å². The molecule has 2 rings (SSSR count). The fourth-order valence-corrected chi connectivity index (χ4v) is 3.56. The molecule has 0 bridgehead atoms. The third kappa shape index (κ3) is 3.28. The van der Waals surface area contributed by atoms with Crippen LogP contribution in [-0.4, -0.2) is 30.2 Å². The number of halogens is 1. The first-order valence-corrected chi connectivity index (χ1v) is 6.91. The highest BCUT2D eigenvalue weighted by atomic mass is 79.9. The molecule has 2 atom stereocenters. The van der Waals surface area contributed by atoms with Crippen molar-refractivity contribution in [2.75, 3.05) is 13.1 Å². The maximum Gasteiger partial charge on any atom is 0.0678 e. The van der Waals surface area contributed by atoms with Crippen LogP contribution >= 0.6 is 27.3 Å². The second-order valence-corrected chi connectivity index (χ2v) is 6.09. The maximum atomic E-state index is 5.71. The largest absolute Gasteiger partial charge is 0.373 e. The summed E-state index contributed by atoms with van der Waals surface area (Å²) in [7, 11) is 0. The van der Waals surface area contributed by atoms with E-state index in [4.69, 9.17) is 4.74 Å². The van der Waals surface area contributed by atoms with Crippen molar-refractivity contribution >= 4 is 27.3 Å². The summed E-state index contributed by atoms with van der Waals surface area (Å²) in [4.78, 5) is 3.89. The molecular formula is C11H16BrNOS. The van der Waals surface area contributed by atoms with E-state index in [9.17, 15) is 0 Å². The zero-order chi connectivity index (χ0) is 10.8. The van der Waals surface area contributed by atoms with E-state index >= 15 is 0 Å². The van der Waals surface area contributed by atoms with Crippen molar-refractivity contribution in [2.45, 2.75) is 32.6 Å². The molecule has 2 heterocycles. The number of ether oxygens (including phenoxy) is 1. The van der Waals surface area contributed by atoms with Crippen molar-refractivity contribution in [1.29, 1.82) is 0 Å². The fraction of sp³-hybridized carbons (Fsp3) is 0.636. The van der Waals surface area contributed by atoms with E-state index in [1.165, 1.54) is 9.35 Å². The van der Waals surface area contributed by atoms with Crippen molar-refractivity contribution in [3.63, 3.8) is 0 Å². The SMILES string of the molecule is C[C@@H]1CN(Cc2cc(Br)cs2)C[C@H](C)O1. The van der Waals surface area contributed by atoms with Gasteiger partial charge in [-0.25, -0.2) is 0 Å². The second kappa shape index (κ2) is 4.95. The summed E-state index contributed by atoms with van der Waals surface area (Å²) < 4.78 is 6.90. The number of thiophene rings is 1. The van der Waals surface area contributed by atoms with Gasteiger partial charge < -0.3 is 4.74 Å². The first kappa shape index (κ1) is 11.6. The van der Waals surface area contributed by atoms with Crippen LogP contribution in [0.2, 0.25) is 0 Å². The van der Waals surface area contributed by atoms with Gasteiger partial charge in [0.05, 0.1) is 12.2 Å². The molecule has 0 aliphatic carbocycles. The van der Waals surface area contributed by atoms with Crippen LogP contribution in [0, 0.1) is 0 Å². The maximum absolute atomic E-state index is 5.71. The summed E-state index contributed by atoms with van der Waals surface area (Å²) in [5, 5.41) is 2.14. The Bertz CT molecular complexity index is 318. The minimum absolute atomic E-state index is 0.358. The number of hydrogen-bond acceptors (Lipinski definition) is 3. The van der Waals surface area contributed by atoms with Crippen molar-refractivity contribution in [3.8, 4) is 0 Å². The second-order valence-electron chi connectivity index (χ2n) is 4.18. The molecule has 0 radical (unpaired) electrons. The molecule has 84 valence electrons. The molecule has 2 nitrogen and oxygen atoms in total. The van der Waals surface area contributed by atoms with E-state index in [0.717, 1.165) is 19.6 Å². The summed E-state index contributed by atoms with van der Waals surface area (Å²) in [6.45, 7) is 7.42. The zero-order valence-electron chi connectivity index (χ0n) is 9.07. The van der Waals surface area contributed by atoms with Gasteiger partial charge in [-0.15, -0.1) is 11.3 Å². The highest BCUT2D eigenvalue weighted by Gasteiger charge is 2.22. The Hall–Kier alpha value is 0.1000. The van der Waals surface area contributed by atoms with Crippen LogP contribution in [0.5, 0.6) is 0 Å². The smallest absolute Gasteiger partial charge is 0.0678 e. The van der Waals surface area contributed by atoms with Gasteiger partial charge in [0, 0.05) is 34.4 Å². The third-order valence-corrected chi connectivity index (χ3v) is 4.18. The van der Waals surface area contributed by atoms with Crippen LogP contribution in [0.1, 0.15) is 18.7 Å². The third-order valence-electron chi connectivity index (χ3n) is 2.50. The van der Waals surface area contributed by atoms with Crippen LogP contribution in [0.25, 0.3) is 0 Å². The molecule has 1 fully saturated rings. The van der Waals surface area contributed by atoms with E-state index in [-0.39, 0.29) is 0 Å². The van der Waals surface area contributed by atoms with E-state index in [0.29, 0.717) is 12.2 Å². The molecule has 1 aromatic heterocycles. The Kier molecular flexibility index (Phi) is 3.83. The van der Waals surface area contributed by atoms with Gasteiger partial charge in [0.25, 0.3) is 0 Å². The summed E-state index contributed by atoms with van der Waals surface area (Å²) in [5.74, 6) is 0. The predicted molar refractivity (Wildman–Crippen MR) is 67.3 cm³/mol. The molecule has 1 aromatic rings. The van der Waals surface area contributed by atoms with Crippen LogP contribution in [-0.2, 0) is 11.3 Å². The minimum atomic E-state index is 0.358. The predicted octanol–water partition coefficient (Wildman–Crippen LogP) is 3.12. The zero-order valence-corrected chi connectivity index (χ0v) is 11.5. The summed E-state index contributed by atoms with van der Waals surface area (Å²) in [6.07, 6.45) is 0.717. The normalized spacial score (nSPS) is 28.2. The van der Waals surface area contributed by atoms with Crippen LogP contribution < -0.4 is 0 Å². The molecule has 0 aromatic carbocycles. The van der Waals surface area contributed by atoms with Gasteiger partial charge in [0.1, 0.15) is 0 Å². The minimum Gasteiger partial charge on any atom is -0.373 e. The molecule has 0 spiro atoms. The quantitative estimate of drug-likeness (QED) is 0.830. The van der Waals surface area contributed by atoms with E-state index in [1.54, 1.807) is 0 Å². The van der Waals surface area contributed by atoms with E-state index in [1.807, 2.05) is 11.3 Å². The van der Waals surface area contributed by atoms with Gasteiger partial charge in [0.2, 0.25) is 0 Å². The Morgan fingerprint density at radius 3 is 2.67 bits per heavy atom. The highest BCUT2D eigenvalue weighted by molar-refractivity contribution is 9.10. The van der Waals surface area contributed by atoms with E-state index < -0.39 is 0 Å². The first-order valence-electron chi connectivity index (χ1n) is 5.24. The van der Waals surface area contributed by atoms with Gasteiger partial charge in [-0.05, 0) is 35.8 Å². The summed E-state index contributed by atoms with van der Waals surface area (Å²) in [5.41, 5.74) is 0. The molecular weight excluding hydrogens is 274 g/mol. The van der Waals surface area contributed by atoms with Gasteiger partial charge in [-0.3, -0.25) is 4.90 Å². The Labute approximate surface area is 103 Å². The Morgan fingerprint density at radius 2 is 2.13 bits per heavy atom.